The van der Waals surface area contributed by atoms with Gasteiger partial charge in [0.05, 0.1) is 28.8 Å². The van der Waals surface area contributed by atoms with Gasteiger partial charge in [-0.15, -0.1) is 0 Å². The highest BCUT2D eigenvalue weighted by atomic mass is 79.9. The molecule has 0 aliphatic heterocycles. The minimum atomic E-state index is -0.706. The summed E-state index contributed by atoms with van der Waals surface area (Å²) in [6.07, 6.45) is 2.99. The average Bonchev–Trinajstić information content (AvgIpc) is 2.84. The molecule has 2 aromatic rings. The molecule has 5 heteroatoms. The first-order valence-electron chi connectivity index (χ1n) is 6.13. The SMILES string of the molecule is CC(C)n1cncc1C(O)Cc1cccc(F)c1Br. The molecular weight excluding hydrogens is 311 g/mol. The van der Waals surface area contributed by atoms with Crippen LogP contribution in [0.25, 0.3) is 0 Å². The number of rotatable bonds is 4. The summed E-state index contributed by atoms with van der Waals surface area (Å²) in [6, 6.07) is 5.05. The fraction of sp³-hybridized carbons (Fsp3) is 0.357. The maximum absolute atomic E-state index is 13.4. The molecule has 102 valence electrons. The van der Waals surface area contributed by atoms with E-state index in [0.29, 0.717) is 10.9 Å². The molecule has 0 bridgehead atoms. The highest BCUT2D eigenvalue weighted by Gasteiger charge is 2.17. The normalized spacial score (nSPS) is 12.9. The Morgan fingerprint density at radius 2 is 2.16 bits per heavy atom. The van der Waals surface area contributed by atoms with Gasteiger partial charge in [-0.1, -0.05) is 12.1 Å². The quantitative estimate of drug-likeness (QED) is 0.931. The molecule has 1 heterocycles. The first-order valence-corrected chi connectivity index (χ1v) is 6.92. The van der Waals surface area contributed by atoms with Crippen LogP contribution in [0.3, 0.4) is 0 Å². The highest BCUT2D eigenvalue weighted by molar-refractivity contribution is 9.10. The second kappa shape index (κ2) is 5.84. The van der Waals surface area contributed by atoms with Gasteiger partial charge in [-0.3, -0.25) is 0 Å². The topological polar surface area (TPSA) is 38.0 Å². The predicted molar refractivity (Wildman–Crippen MR) is 75.4 cm³/mol. The number of aliphatic hydroxyl groups excluding tert-OH is 1. The van der Waals surface area contributed by atoms with Crippen LogP contribution in [0.1, 0.15) is 37.3 Å². The summed E-state index contributed by atoms with van der Waals surface area (Å²) in [5, 5.41) is 10.3. The van der Waals surface area contributed by atoms with Crippen molar-refractivity contribution >= 4 is 15.9 Å². The van der Waals surface area contributed by atoms with Gasteiger partial charge in [0.1, 0.15) is 5.82 Å². The van der Waals surface area contributed by atoms with Crippen molar-refractivity contribution in [2.75, 3.05) is 0 Å². The number of aliphatic hydroxyl groups is 1. The summed E-state index contributed by atoms with van der Waals surface area (Å²) in [5.41, 5.74) is 1.48. The number of hydrogen-bond acceptors (Lipinski definition) is 2. The molecule has 0 aliphatic rings. The van der Waals surface area contributed by atoms with Gasteiger partial charge in [-0.2, -0.15) is 0 Å². The Balaban J connectivity index is 2.23. The molecule has 0 fully saturated rings. The summed E-state index contributed by atoms with van der Waals surface area (Å²) >= 11 is 3.21. The lowest BCUT2D eigenvalue weighted by molar-refractivity contribution is 0.166. The van der Waals surface area contributed by atoms with Crippen LogP contribution in [0.5, 0.6) is 0 Å². The first kappa shape index (κ1) is 14.2. The number of hydrogen-bond donors (Lipinski definition) is 1. The van der Waals surface area contributed by atoms with Crippen LogP contribution in [0.15, 0.2) is 35.2 Å². The number of nitrogens with zero attached hydrogens (tertiary/aromatic N) is 2. The second-order valence-corrected chi connectivity index (χ2v) is 5.55. The van der Waals surface area contributed by atoms with Gasteiger partial charge in [0, 0.05) is 12.5 Å². The molecule has 0 radical (unpaired) electrons. The van der Waals surface area contributed by atoms with Crippen molar-refractivity contribution in [2.24, 2.45) is 0 Å². The zero-order chi connectivity index (χ0) is 14.0. The minimum absolute atomic E-state index is 0.225. The molecule has 0 aliphatic carbocycles. The van der Waals surface area contributed by atoms with Gasteiger partial charge in [-0.05, 0) is 41.4 Å². The van der Waals surface area contributed by atoms with E-state index in [0.717, 1.165) is 11.3 Å². The molecule has 1 aromatic heterocycles. The van der Waals surface area contributed by atoms with Crippen molar-refractivity contribution in [1.29, 1.82) is 0 Å². The maximum Gasteiger partial charge on any atom is 0.137 e. The lowest BCUT2D eigenvalue weighted by Gasteiger charge is -2.17. The minimum Gasteiger partial charge on any atom is -0.386 e. The van der Waals surface area contributed by atoms with Crippen LogP contribution in [0, 0.1) is 5.82 Å². The molecule has 0 saturated heterocycles. The Morgan fingerprint density at radius 3 is 2.84 bits per heavy atom. The lowest BCUT2D eigenvalue weighted by Crippen LogP contribution is -2.11. The van der Waals surface area contributed by atoms with Gasteiger partial charge in [0.25, 0.3) is 0 Å². The fourth-order valence-electron chi connectivity index (χ4n) is 2.02. The van der Waals surface area contributed by atoms with E-state index in [2.05, 4.69) is 20.9 Å². The molecule has 1 unspecified atom stereocenters. The van der Waals surface area contributed by atoms with E-state index in [1.165, 1.54) is 6.07 Å². The standard InChI is InChI=1S/C14H16BrFN2O/c1-9(2)18-8-17-7-12(18)13(19)6-10-4-3-5-11(16)14(10)15/h3-5,7-9,13,19H,6H2,1-2H3. The van der Waals surface area contributed by atoms with E-state index >= 15 is 0 Å². The first-order chi connectivity index (χ1) is 9.00. The fourth-order valence-corrected chi connectivity index (χ4v) is 2.45. The van der Waals surface area contributed by atoms with Crippen LogP contribution in [-0.2, 0) is 6.42 Å². The third kappa shape index (κ3) is 3.04. The van der Waals surface area contributed by atoms with E-state index in [1.807, 2.05) is 18.4 Å². The Labute approximate surface area is 120 Å². The third-order valence-electron chi connectivity index (χ3n) is 3.04. The van der Waals surface area contributed by atoms with Gasteiger partial charge in [0.2, 0.25) is 0 Å². The zero-order valence-electron chi connectivity index (χ0n) is 10.8. The second-order valence-electron chi connectivity index (χ2n) is 4.75. The Kier molecular flexibility index (Phi) is 4.37. The average molecular weight is 327 g/mol. The zero-order valence-corrected chi connectivity index (χ0v) is 12.4. The lowest BCUT2D eigenvalue weighted by atomic mass is 10.1. The van der Waals surface area contributed by atoms with Crippen molar-refractivity contribution in [2.45, 2.75) is 32.4 Å². The van der Waals surface area contributed by atoms with Crippen LogP contribution in [0.4, 0.5) is 4.39 Å². The molecular formula is C14H16BrFN2O. The summed E-state index contributed by atoms with van der Waals surface area (Å²) < 4.78 is 15.8. The number of benzene rings is 1. The molecule has 1 N–H and O–H groups in total. The molecule has 19 heavy (non-hydrogen) atoms. The van der Waals surface area contributed by atoms with Crippen molar-refractivity contribution < 1.29 is 9.50 Å². The summed E-state index contributed by atoms with van der Waals surface area (Å²) in [7, 11) is 0. The molecule has 1 aromatic carbocycles. The molecule has 0 spiro atoms. The van der Waals surface area contributed by atoms with Gasteiger partial charge >= 0.3 is 0 Å². The van der Waals surface area contributed by atoms with E-state index in [1.54, 1.807) is 24.7 Å². The smallest absolute Gasteiger partial charge is 0.137 e. The summed E-state index contributed by atoms with van der Waals surface area (Å²) in [5.74, 6) is -0.318. The van der Waals surface area contributed by atoms with Crippen LogP contribution in [0.2, 0.25) is 0 Å². The molecule has 0 saturated carbocycles. The van der Waals surface area contributed by atoms with Crippen LogP contribution < -0.4 is 0 Å². The molecule has 3 nitrogen and oxygen atoms in total. The van der Waals surface area contributed by atoms with Crippen molar-refractivity contribution in [3.63, 3.8) is 0 Å². The van der Waals surface area contributed by atoms with Gasteiger partial charge in [0.15, 0.2) is 0 Å². The largest absolute Gasteiger partial charge is 0.386 e. The number of halogens is 2. The Morgan fingerprint density at radius 1 is 1.42 bits per heavy atom. The molecule has 0 amide bonds. The summed E-state index contributed by atoms with van der Waals surface area (Å²) in [6.45, 7) is 4.05. The molecule has 2 rings (SSSR count). The van der Waals surface area contributed by atoms with Crippen molar-refractivity contribution in [3.05, 3.63) is 52.3 Å². The van der Waals surface area contributed by atoms with Gasteiger partial charge < -0.3 is 9.67 Å². The number of imidazole rings is 1. The number of aromatic nitrogens is 2. The summed E-state index contributed by atoms with van der Waals surface area (Å²) in [4.78, 5) is 4.06. The van der Waals surface area contributed by atoms with E-state index in [9.17, 15) is 9.50 Å². The van der Waals surface area contributed by atoms with Crippen LogP contribution >= 0.6 is 15.9 Å². The van der Waals surface area contributed by atoms with Crippen molar-refractivity contribution in [1.82, 2.24) is 9.55 Å². The maximum atomic E-state index is 13.4. The molecule has 1 atom stereocenters. The van der Waals surface area contributed by atoms with E-state index in [-0.39, 0.29) is 11.9 Å². The van der Waals surface area contributed by atoms with Crippen molar-refractivity contribution in [3.8, 4) is 0 Å². The predicted octanol–water partition coefficient (Wildman–Crippen LogP) is 3.64. The van der Waals surface area contributed by atoms with E-state index < -0.39 is 6.10 Å². The Bertz CT molecular complexity index is 568. The Hall–Kier alpha value is -1.20. The highest BCUT2D eigenvalue weighted by Crippen LogP contribution is 2.26. The third-order valence-corrected chi connectivity index (χ3v) is 3.93. The van der Waals surface area contributed by atoms with Crippen LogP contribution in [-0.4, -0.2) is 14.7 Å². The monoisotopic (exact) mass is 326 g/mol. The van der Waals surface area contributed by atoms with Gasteiger partial charge in [-0.25, -0.2) is 9.37 Å². The van der Waals surface area contributed by atoms with E-state index in [4.69, 9.17) is 0 Å².